The molecule has 0 fully saturated rings. The summed E-state index contributed by atoms with van der Waals surface area (Å²) in [5.41, 5.74) is 0. The molecule has 0 aliphatic carbocycles. The van der Waals surface area contributed by atoms with Crippen molar-refractivity contribution in [2.45, 2.75) is 20.3 Å². The number of aryl methyl sites for hydroxylation is 1. The molecule has 0 N–H and O–H groups in total. The fourth-order valence-corrected chi connectivity index (χ4v) is 1.43. The highest BCUT2D eigenvalue weighted by Gasteiger charge is 2.18. The molecule has 0 radical (unpaired) electrons. The second-order valence-corrected chi connectivity index (χ2v) is 3.54. The van der Waals surface area contributed by atoms with Crippen molar-refractivity contribution in [2.75, 3.05) is 0 Å². The smallest absolute Gasteiger partial charge is 0.397 e. The van der Waals surface area contributed by atoms with Crippen LogP contribution in [0.25, 0.3) is 11.6 Å². The molecule has 0 aliphatic heterocycles. The number of nitrogens with zero attached hydrogens (tertiary/aromatic N) is 4. The average molecular weight is 250 g/mol. The summed E-state index contributed by atoms with van der Waals surface area (Å²) < 4.78 is 6.12. The highest BCUT2D eigenvalue weighted by Crippen LogP contribution is 2.23. The normalized spacial score (nSPS) is 10.6. The number of aromatic nitrogens is 3. The summed E-state index contributed by atoms with van der Waals surface area (Å²) in [5.74, 6) is 0.138. The standard InChI is InChI=1S/C10H10N4O4/c1-3-8(15)13-6(2)11-10(12-13)7-4-5-9(18-7)14(16)17/h4-5H,3H2,1-2H3. The van der Waals surface area contributed by atoms with Crippen molar-refractivity contribution in [1.29, 1.82) is 0 Å². The van der Waals surface area contributed by atoms with Crippen molar-refractivity contribution in [3.8, 4) is 11.6 Å². The maximum Gasteiger partial charge on any atom is 0.433 e. The van der Waals surface area contributed by atoms with Crippen LogP contribution in [0.15, 0.2) is 16.5 Å². The van der Waals surface area contributed by atoms with Crippen LogP contribution in [0.1, 0.15) is 24.0 Å². The summed E-state index contributed by atoms with van der Waals surface area (Å²) in [7, 11) is 0. The minimum atomic E-state index is -0.648. The zero-order valence-electron chi connectivity index (χ0n) is 9.78. The van der Waals surface area contributed by atoms with Gasteiger partial charge in [-0.05, 0) is 13.0 Å². The van der Waals surface area contributed by atoms with E-state index in [0.717, 1.165) is 4.68 Å². The molecule has 0 unspecified atom stereocenters. The number of rotatable bonds is 3. The van der Waals surface area contributed by atoms with E-state index in [-0.39, 0.29) is 23.4 Å². The Morgan fingerprint density at radius 2 is 2.28 bits per heavy atom. The Kier molecular flexibility index (Phi) is 2.92. The fourth-order valence-electron chi connectivity index (χ4n) is 1.43. The van der Waals surface area contributed by atoms with Crippen molar-refractivity contribution in [2.24, 2.45) is 0 Å². The molecule has 8 nitrogen and oxygen atoms in total. The predicted octanol–water partition coefficient (Wildman–Crippen LogP) is 1.80. The molecule has 0 amide bonds. The van der Waals surface area contributed by atoms with E-state index in [2.05, 4.69) is 10.1 Å². The Morgan fingerprint density at radius 3 is 2.83 bits per heavy atom. The Hall–Kier alpha value is -2.51. The summed E-state index contributed by atoms with van der Waals surface area (Å²) in [6.45, 7) is 3.34. The van der Waals surface area contributed by atoms with Gasteiger partial charge in [-0.3, -0.25) is 14.9 Å². The summed E-state index contributed by atoms with van der Waals surface area (Å²) in [6.07, 6.45) is 0.294. The number of carbonyl (C=O) groups is 1. The molecule has 94 valence electrons. The monoisotopic (exact) mass is 250 g/mol. The molecule has 8 heteroatoms. The van der Waals surface area contributed by atoms with E-state index >= 15 is 0 Å². The quantitative estimate of drug-likeness (QED) is 0.607. The van der Waals surface area contributed by atoms with Gasteiger partial charge >= 0.3 is 5.88 Å². The molecule has 18 heavy (non-hydrogen) atoms. The molecule has 0 saturated heterocycles. The van der Waals surface area contributed by atoms with E-state index in [4.69, 9.17) is 4.42 Å². The molecule has 0 bridgehead atoms. The second-order valence-electron chi connectivity index (χ2n) is 3.54. The van der Waals surface area contributed by atoms with Gasteiger partial charge in [-0.1, -0.05) is 6.92 Å². The van der Waals surface area contributed by atoms with Gasteiger partial charge in [0.15, 0.2) is 5.76 Å². The van der Waals surface area contributed by atoms with Crippen molar-refractivity contribution < 1.29 is 14.1 Å². The van der Waals surface area contributed by atoms with E-state index in [0.29, 0.717) is 12.2 Å². The Morgan fingerprint density at radius 1 is 1.56 bits per heavy atom. The summed E-state index contributed by atoms with van der Waals surface area (Å²) in [6, 6.07) is 2.61. The van der Waals surface area contributed by atoms with Crippen molar-refractivity contribution >= 4 is 11.8 Å². The van der Waals surface area contributed by atoms with Crippen LogP contribution in [0.5, 0.6) is 0 Å². The van der Waals surface area contributed by atoms with Gasteiger partial charge in [-0.25, -0.2) is 4.98 Å². The zero-order valence-corrected chi connectivity index (χ0v) is 9.78. The first-order valence-electron chi connectivity index (χ1n) is 5.24. The van der Waals surface area contributed by atoms with Gasteiger partial charge in [0, 0.05) is 6.42 Å². The molecular formula is C10H10N4O4. The first-order chi connectivity index (χ1) is 8.52. The molecule has 2 heterocycles. The molecule has 2 rings (SSSR count). The minimum Gasteiger partial charge on any atom is -0.397 e. The van der Waals surface area contributed by atoms with Crippen LogP contribution in [-0.4, -0.2) is 25.6 Å². The Labute approximate surface area is 101 Å². The maximum absolute atomic E-state index is 11.5. The molecule has 2 aromatic heterocycles. The van der Waals surface area contributed by atoms with Crippen LogP contribution in [0.2, 0.25) is 0 Å². The highest BCUT2D eigenvalue weighted by atomic mass is 16.6. The van der Waals surface area contributed by atoms with Gasteiger partial charge in [0.25, 0.3) is 0 Å². The molecule has 0 atom stereocenters. The number of hydrogen-bond acceptors (Lipinski definition) is 6. The van der Waals surface area contributed by atoms with E-state index in [1.54, 1.807) is 13.8 Å². The molecule has 0 spiro atoms. The van der Waals surface area contributed by atoms with Crippen LogP contribution in [-0.2, 0) is 0 Å². The lowest BCUT2D eigenvalue weighted by molar-refractivity contribution is -0.401. The zero-order chi connectivity index (χ0) is 13.3. The minimum absolute atomic E-state index is 0.155. The second kappa shape index (κ2) is 4.40. The molecule has 0 aliphatic rings. The summed E-state index contributed by atoms with van der Waals surface area (Å²) in [5, 5.41) is 14.4. The topological polar surface area (TPSA) is 104 Å². The molecule has 0 saturated carbocycles. The number of hydrogen-bond donors (Lipinski definition) is 0. The van der Waals surface area contributed by atoms with Crippen LogP contribution in [0.4, 0.5) is 5.88 Å². The largest absolute Gasteiger partial charge is 0.433 e. The highest BCUT2D eigenvalue weighted by molar-refractivity contribution is 5.78. The van der Waals surface area contributed by atoms with E-state index < -0.39 is 4.92 Å². The van der Waals surface area contributed by atoms with Crippen LogP contribution in [0, 0.1) is 17.0 Å². The Balaban J connectivity index is 2.39. The lowest BCUT2D eigenvalue weighted by Gasteiger charge is -1.95. The molecular weight excluding hydrogens is 240 g/mol. The van der Waals surface area contributed by atoms with Gasteiger partial charge in [0.2, 0.25) is 11.7 Å². The lowest BCUT2D eigenvalue weighted by Crippen LogP contribution is -2.12. The van der Waals surface area contributed by atoms with Gasteiger partial charge in [-0.15, -0.1) is 5.10 Å². The van der Waals surface area contributed by atoms with Crippen LogP contribution < -0.4 is 0 Å². The third-order valence-corrected chi connectivity index (χ3v) is 2.30. The van der Waals surface area contributed by atoms with Gasteiger partial charge in [0.05, 0.1) is 6.07 Å². The number of carbonyl (C=O) groups excluding carboxylic acids is 1. The number of nitro groups is 1. The first kappa shape index (κ1) is 12.0. The van der Waals surface area contributed by atoms with Gasteiger partial charge in [0.1, 0.15) is 10.7 Å². The van der Waals surface area contributed by atoms with Crippen molar-refractivity contribution in [1.82, 2.24) is 14.8 Å². The SMILES string of the molecule is CCC(=O)n1nc(-c2ccc([N+](=O)[O-])o2)nc1C. The summed E-state index contributed by atoms with van der Waals surface area (Å²) in [4.78, 5) is 25.4. The van der Waals surface area contributed by atoms with Gasteiger partial charge in [-0.2, -0.15) is 4.68 Å². The first-order valence-corrected chi connectivity index (χ1v) is 5.24. The van der Waals surface area contributed by atoms with Crippen LogP contribution in [0.3, 0.4) is 0 Å². The van der Waals surface area contributed by atoms with E-state index in [1.807, 2.05) is 0 Å². The third kappa shape index (κ3) is 1.99. The van der Waals surface area contributed by atoms with E-state index in [9.17, 15) is 14.9 Å². The predicted molar refractivity (Wildman–Crippen MR) is 60.0 cm³/mol. The van der Waals surface area contributed by atoms with Crippen LogP contribution >= 0.6 is 0 Å². The number of furan rings is 1. The molecule has 2 aromatic rings. The summed E-state index contributed by atoms with van der Waals surface area (Å²) >= 11 is 0. The molecule has 0 aromatic carbocycles. The third-order valence-electron chi connectivity index (χ3n) is 2.30. The Bertz CT molecular complexity index is 613. The average Bonchev–Trinajstić information content (AvgIpc) is 2.94. The van der Waals surface area contributed by atoms with Gasteiger partial charge < -0.3 is 4.42 Å². The lowest BCUT2D eigenvalue weighted by atomic mass is 10.4. The maximum atomic E-state index is 11.5. The van der Waals surface area contributed by atoms with E-state index in [1.165, 1.54) is 12.1 Å². The van der Waals surface area contributed by atoms with Crippen molar-refractivity contribution in [3.63, 3.8) is 0 Å². The van der Waals surface area contributed by atoms with Crippen molar-refractivity contribution in [3.05, 3.63) is 28.1 Å². The fraction of sp³-hybridized carbons (Fsp3) is 0.300.